The lowest BCUT2D eigenvalue weighted by Gasteiger charge is -2.37. The number of aryl methyl sites for hydroxylation is 1. The first-order chi connectivity index (χ1) is 15.1. The van der Waals surface area contributed by atoms with Crippen LogP contribution < -0.4 is 4.74 Å². The number of carbonyl (C=O) groups excluding carboxylic acids is 1. The van der Waals surface area contributed by atoms with E-state index >= 15 is 0 Å². The Morgan fingerprint density at radius 2 is 1.88 bits per heavy atom. The Kier molecular flexibility index (Phi) is 7.71. The number of phenols is 1. The number of phenolic OH excluding ortho intramolecular Hbond substituents is 1. The maximum absolute atomic E-state index is 13.1. The van der Waals surface area contributed by atoms with Crippen LogP contribution in [-0.2, 0) is 11.2 Å². The summed E-state index contributed by atoms with van der Waals surface area (Å²) in [5.41, 5.74) is 4.22. The van der Waals surface area contributed by atoms with E-state index in [1.54, 1.807) is 19.9 Å². The van der Waals surface area contributed by atoms with Gasteiger partial charge in [-0.15, -0.1) is 0 Å². The first kappa shape index (κ1) is 24.4. The molecule has 2 N–H and O–H groups in total. The number of ether oxygens (including phenoxy) is 2. The van der Waals surface area contributed by atoms with Gasteiger partial charge < -0.3 is 19.7 Å². The normalized spacial score (nSPS) is 21.9. The second kappa shape index (κ2) is 10.1. The van der Waals surface area contributed by atoms with Gasteiger partial charge in [0.1, 0.15) is 17.1 Å². The summed E-state index contributed by atoms with van der Waals surface area (Å²) in [7, 11) is 0. The molecule has 1 aliphatic heterocycles. The van der Waals surface area contributed by atoms with Crippen LogP contribution in [0.2, 0.25) is 0 Å². The topological polar surface area (TPSA) is 76.0 Å². The highest BCUT2D eigenvalue weighted by atomic mass is 16.7. The fraction of sp³-hybridized carbons (Fsp3) is 0.593. The summed E-state index contributed by atoms with van der Waals surface area (Å²) >= 11 is 0. The number of unbranched alkanes of at least 4 members (excludes halogenated alkanes) is 4. The van der Waals surface area contributed by atoms with Gasteiger partial charge in [0.25, 0.3) is 0 Å². The number of aliphatic hydroxyl groups excluding tert-OH is 1. The number of cyclic esters (lactones) is 1. The van der Waals surface area contributed by atoms with Crippen molar-refractivity contribution in [3.63, 3.8) is 0 Å². The molecule has 176 valence electrons. The number of carbonyl (C=O) groups is 1. The molecule has 0 radical (unpaired) electrons. The van der Waals surface area contributed by atoms with Crippen molar-refractivity contribution in [2.24, 2.45) is 5.92 Å². The lowest BCUT2D eigenvalue weighted by molar-refractivity contribution is -0.128. The van der Waals surface area contributed by atoms with Gasteiger partial charge in [0.15, 0.2) is 0 Å². The maximum Gasteiger partial charge on any atom is 0.345 e. The van der Waals surface area contributed by atoms with E-state index in [2.05, 4.69) is 19.6 Å². The summed E-state index contributed by atoms with van der Waals surface area (Å²) in [5.74, 6) is -0.771. The molecule has 0 unspecified atom stereocenters. The van der Waals surface area contributed by atoms with Crippen molar-refractivity contribution in [1.82, 2.24) is 0 Å². The molecule has 0 aromatic heterocycles. The zero-order valence-corrected chi connectivity index (χ0v) is 20.0. The van der Waals surface area contributed by atoms with E-state index in [1.807, 2.05) is 6.92 Å². The molecule has 5 nitrogen and oxygen atoms in total. The first-order valence-corrected chi connectivity index (χ1v) is 11.9. The molecule has 0 bridgehead atoms. The molecular weight excluding hydrogens is 404 g/mol. The van der Waals surface area contributed by atoms with Gasteiger partial charge in [-0.3, -0.25) is 0 Å². The zero-order chi connectivity index (χ0) is 23.5. The second-order valence-corrected chi connectivity index (χ2v) is 9.84. The summed E-state index contributed by atoms with van der Waals surface area (Å²) in [5, 5.41) is 20.1. The number of esters is 1. The molecule has 32 heavy (non-hydrogen) atoms. The highest BCUT2D eigenvalue weighted by Crippen LogP contribution is 2.50. The minimum absolute atomic E-state index is 0.0933. The van der Waals surface area contributed by atoms with Crippen molar-refractivity contribution < 1.29 is 24.5 Å². The SMILES string of the molecule is C=C(C)[C@@H]1CCC(C)=C[C@H]1c1c(O)cc(CCCCCCCO)c2c1OC(C)(C)OC2=O. The number of rotatable bonds is 9. The van der Waals surface area contributed by atoms with Gasteiger partial charge in [-0.1, -0.05) is 43.1 Å². The Morgan fingerprint density at radius 3 is 2.56 bits per heavy atom. The molecule has 0 spiro atoms. The summed E-state index contributed by atoms with van der Waals surface area (Å²) in [6.07, 6.45) is 9.55. The number of aromatic hydroxyl groups is 1. The van der Waals surface area contributed by atoms with Gasteiger partial charge in [-0.05, 0) is 63.5 Å². The van der Waals surface area contributed by atoms with Crippen molar-refractivity contribution in [1.29, 1.82) is 0 Å². The average Bonchev–Trinajstić information content (AvgIpc) is 2.68. The van der Waals surface area contributed by atoms with Crippen LogP contribution in [0.4, 0.5) is 0 Å². The fourth-order valence-corrected chi connectivity index (χ4v) is 4.97. The third kappa shape index (κ3) is 5.37. The van der Waals surface area contributed by atoms with Gasteiger partial charge in [0, 0.05) is 31.9 Å². The first-order valence-electron chi connectivity index (χ1n) is 11.9. The fourth-order valence-electron chi connectivity index (χ4n) is 4.97. The second-order valence-electron chi connectivity index (χ2n) is 9.84. The van der Waals surface area contributed by atoms with Crippen molar-refractivity contribution in [2.45, 2.75) is 90.8 Å². The maximum atomic E-state index is 13.1. The van der Waals surface area contributed by atoms with E-state index in [1.165, 1.54) is 5.57 Å². The van der Waals surface area contributed by atoms with Crippen LogP contribution in [0.15, 0.2) is 29.9 Å². The monoisotopic (exact) mass is 442 g/mol. The number of allylic oxidation sites excluding steroid dienone is 3. The summed E-state index contributed by atoms with van der Waals surface area (Å²) in [6.45, 7) is 12.0. The van der Waals surface area contributed by atoms with E-state index in [0.717, 1.165) is 56.1 Å². The number of benzene rings is 1. The Bertz CT molecular complexity index is 896. The summed E-state index contributed by atoms with van der Waals surface area (Å²) < 4.78 is 11.8. The molecule has 0 saturated heterocycles. The molecule has 0 amide bonds. The van der Waals surface area contributed by atoms with Crippen LogP contribution in [0.5, 0.6) is 11.5 Å². The average molecular weight is 443 g/mol. The standard InChI is InChI=1S/C27H38O5/c1-17(2)20-13-12-18(3)15-21(20)24-22(29)16-19(11-9-7-6-8-10-14-28)23-25(24)31-27(4,5)32-26(23)30/h15-16,20-21,28-29H,1,6-14H2,2-5H3/t20-,21+/m0/s1. The third-order valence-corrected chi connectivity index (χ3v) is 6.59. The van der Waals surface area contributed by atoms with Gasteiger partial charge in [-0.25, -0.2) is 4.79 Å². The van der Waals surface area contributed by atoms with Gasteiger partial charge >= 0.3 is 5.97 Å². The van der Waals surface area contributed by atoms with E-state index in [9.17, 15) is 9.90 Å². The van der Waals surface area contributed by atoms with E-state index in [0.29, 0.717) is 23.3 Å². The van der Waals surface area contributed by atoms with Gasteiger partial charge in [0.2, 0.25) is 5.79 Å². The molecule has 1 aromatic carbocycles. The molecule has 2 aliphatic rings. The highest BCUT2D eigenvalue weighted by Gasteiger charge is 2.41. The Balaban J connectivity index is 2.02. The summed E-state index contributed by atoms with van der Waals surface area (Å²) in [6, 6.07) is 1.73. The molecule has 2 atom stereocenters. The molecule has 0 saturated carbocycles. The van der Waals surface area contributed by atoms with Crippen molar-refractivity contribution in [3.05, 3.63) is 46.6 Å². The molecule has 1 aromatic rings. The Hall–Kier alpha value is -2.27. The van der Waals surface area contributed by atoms with E-state index in [4.69, 9.17) is 14.6 Å². The Labute approximate surface area is 192 Å². The van der Waals surface area contributed by atoms with E-state index < -0.39 is 11.8 Å². The predicted octanol–water partition coefficient (Wildman–Crippen LogP) is 6.18. The van der Waals surface area contributed by atoms with Crippen LogP contribution in [0.3, 0.4) is 0 Å². The Morgan fingerprint density at radius 1 is 1.19 bits per heavy atom. The van der Waals surface area contributed by atoms with E-state index in [-0.39, 0.29) is 24.2 Å². The molecule has 0 fully saturated rings. The number of fused-ring (bicyclic) bond motifs is 1. The van der Waals surface area contributed by atoms with Crippen LogP contribution in [0, 0.1) is 5.92 Å². The van der Waals surface area contributed by atoms with Crippen molar-refractivity contribution in [2.75, 3.05) is 6.61 Å². The van der Waals surface area contributed by atoms with Crippen LogP contribution in [0.1, 0.15) is 100 Å². The lowest BCUT2D eigenvalue weighted by atomic mass is 9.73. The quantitative estimate of drug-likeness (QED) is 0.271. The lowest BCUT2D eigenvalue weighted by Crippen LogP contribution is -2.40. The minimum Gasteiger partial charge on any atom is -0.507 e. The van der Waals surface area contributed by atoms with Crippen LogP contribution >= 0.6 is 0 Å². The molecule has 1 heterocycles. The van der Waals surface area contributed by atoms with Crippen LogP contribution in [0.25, 0.3) is 0 Å². The predicted molar refractivity (Wildman–Crippen MR) is 126 cm³/mol. The molecule has 1 aliphatic carbocycles. The largest absolute Gasteiger partial charge is 0.507 e. The molecular formula is C27H38O5. The molecule has 5 heteroatoms. The smallest absolute Gasteiger partial charge is 0.345 e. The van der Waals surface area contributed by atoms with Crippen LogP contribution in [-0.4, -0.2) is 28.6 Å². The van der Waals surface area contributed by atoms with Crippen molar-refractivity contribution >= 4 is 5.97 Å². The van der Waals surface area contributed by atoms with Gasteiger partial charge in [0.05, 0.1) is 0 Å². The highest BCUT2D eigenvalue weighted by molar-refractivity contribution is 5.96. The number of hydrogen-bond acceptors (Lipinski definition) is 5. The number of hydrogen-bond donors (Lipinski definition) is 2. The zero-order valence-electron chi connectivity index (χ0n) is 20.0. The third-order valence-electron chi connectivity index (χ3n) is 6.59. The number of aliphatic hydroxyl groups is 1. The summed E-state index contributed by atoms with van der Waals surface area (Å²) in [4.78, 5) is 13.1. The van der Waals surface area contributed by atoms with Gasteiger partial charge in [-0.2, -0.15) is 0 Å². The molecule has 3 rings (SSSR count). The van der Waals surface area contributed by atoms with Crippen molar-refractivity contribution in [3.8, 4) is 11.5 Å². The minimum atomic E-state index is -1.10.